The number of benzene rings is 1. The Morgan fingerprint density at radius 3 is 2.55 bits per heavy atom. The van der Waals surface area contributed by atoms with Gasteiger partial charge in [0.1, 0.15) is 5.75 Å². The Kier molecular flexibility index (Phi) is 7.39. The predicted octanol–water partition coefficient (Wildman–Crippen LogP) is -0.0170. The van der Waals surface area contributed by atoms with Crippen molar-refractivity contribution >= 4 is 17.5 Å². The van der Waals surface area contributed by atoms with E-state index < -0.39 is 0 Å². The second-order valence-corrected chi connectivity index (χ2v) is 5.41. The zero-order valence-electron chi connectivity index (χ0n) is 13.8. The summed E-state index contributed by atoms with van der Waals surface area (Å²) < 4.78 is 5.23. The van der Waals surface area contributed by atoms with E-state index >= 15 is 0 Å². The van der Waals surface area contributed by atoms with Gasteiger partial charge in [0.2, 0.25) is 0 Å². The van der Waals surface area contributed by atoms with Crippen LogP contribution in [0, 0.1) is 6.92 Å². The Labute approximate surface area is 131 Å². The van der Waals surface area contributed by atoms with E-state index in [9.17, 15) is 9.59 Å². The highest BCUT2D eigenvalue weighted by molar-refractivity contribution is 5.93. The van der Waals surface area contributed by atoms with Crippen LogP contribution in [-0.2, 0) is 9.59 Å². The quantitative estimate of drug-likeness (QED) is 0.632. The topological polar surface area (TPSA) is 71.9 Å². The zero-order chi connectivity index (χ0) is 16.5. The average Bonchev–Trinajstić information content (AvgIpc) is 2.45. The van der Waals surface area contributed by atoms with Crippen molar-refractivity contribution in [3.63, 3.8) is 0 Å². The second kappa shape index (κ2) is 9.04. The summed E-state index contributed by atoms with van der Waals surface area (Å²) in [5, 5.41) is 5.63. The molecule has 22 heavy (non-hydrogen) atoms. The molecule has 0 aliphatic heterocycles. The lowest BCUT2D eigenvalue weighted by Crippen LogP contribution is -3.11. The largest absolute Gasteiger partial charge is 0.495 e. The van der Waals surface area contributed by atoms with Crippen molar-refractivity contribution in [2.75, 3.05) is 39.1 Å². The highest BCUT2D eigenvalue weighted by Gasteiger charge is 2.15. The standard InChI is InChI=1S/C16H25N3O3/c1-5-8-17-15(20)10-19(3)11-16(21)18-13-9-12(2)6-7-14(13)22-4/h6-7,9H,5,8,10-11H2,1-4H3,(H,17,20)(H,18,21)/p+1. The number of aryl methyl sites for hydroxylation is 1. The highest BCUT2D eigenvalue weighted by Crippen LogP contribution is 2.24. The van der Waals surface area contributed by atoms with Gasteiger partial charge in [-0.1, -0.05) is 13.0 Å². The maximum absolute atomic E-state index is 12.1. The van der Waals surface area contributed by atoms with Crippen LogP contribution in [0.4, 0.5) is 5.69 Å². The second-order valence-electron chi connectivity index (χ2n) is 5.41. The Bertz CT molecular complexity index is 517. The molecule has 0 heterocycles. The first-order valence-corrected chi connectivity index (χ1v) is 7.48. The molecule has 0 fully saturated rings. The van der Waals surface area contributed by atoms with Crippen LogP contribution >= 0.6 is 0 Å². The number of nitrogens with one attached hydrogen (secondary N) is 3. The summed E-state index contributed by atoms with van der Waals surface area (Å²) in [6.45, 7) is 5.11. The molecule has 1 aromatic rings. The van der Waals surface area contributed by atoms with Crippen molar-refractivity contribution in [1.82, 2.24) is 5.32 Å². The Hall–Kier alpha value is -2.08. The lowest BCUT2D eigenvalue weighted by Gasteiger charge is -2.15. The van der Waals surface area contributed by atoms with Gasteiger partial charge in [-0.2, -0.15) is 0 Å². The maximum atomic E-state index is 12.1. The Balaban J connectivity index is 2.52. The van der Waals surface area contributed by atoms with E-state index in [1.165, 1.54) is 0 Å². The van der Waals surface area contributed by atoms with E-state index in [1.54, 1.807) is 7.11 Å². The number of carbonyl (C=O) groups excluding carboxylic acids is 2. The number of quaternary nitrogens is 1. The van der Waals surface area contributed by atoms with Crippen molar-refractivity contribution < 1.29 is 19.2 Å². The predicted molar refractivity (Wildman–Crippen MR) is 86.3 cm³/mol. The number of anilines is 1. The smallest absolute Gasteiger partial charge is 0.279 e. The monoisotopic (exact) mass is 308 g/mol. The minimum Gasteiger partial charge on any atom is -0.495 e. The molecule has 1 unspecified atom stereocenters. The first kappa shape index (κ1) is 18.0. The van der Waals surface area contributed by atoms with Gasteiger partial charge in [-0.05, 0) is 31.0 Å². The van der Waals surface area contributed by atoms with Crippen LogP contribution in [-0.4, -0.2) is 45.6 Å². The van der Waals surface area contributed by atoms with Gasteiger partial charge >= 0.3 is 0 Å². The van der Waals surface area contributed by atoms with E-state index in [-0.39, 0.29) is 24.9 Å². The van der Waals surface area contributed by atoms with Crippen LogP contribution < -0.4 is 20.3 Å². The highest BCUT2D eigenvalue weighted by atomic mass is 16.5. The number of hydrogen-bond acceptors (Lipinski definition) is 3. The molecule has 1 atom stereocenters. The Morgan fingerprint density at radius 1 is 1.23 bits per heavy atom. The molecule has 0 aliphatic carbocycles. The maximum Gasteiger partial charge on any atom is 0.279 e. The normalized spacial score (nSPS) is 11.6. The van der Waals surface area contributed by atoms with E-state index in [0.29, 0.717) is 18.0 Å². The molecule has 2 amide bonds. The van der Waals surface area contributed by atoms with Crippen LogP contribution in [0.25, 0.3) is 0 Å². The molecule has 3 N–H and O–H groups in total. The number of hydrogen-bond donors (Lipinski definition) is 3. The molecule has 0 aliphatic rings. The third-order valence-electron chi connectivity index (χ3n) is 3.13. The fourth-order valence-electron chi connectivity index (χ4n) is 2.05. The number of rotatable bonds is 8. The zero-order valence-corrected chi connectivity index (χ0v) is 13.8. The SMILES string of the molecule is CCCNC(=O)C[NH+](C)CC(=O)Nc1cc(C)ccc1OC. The molecule has 1 rings (SSSR count). The van der Waals surface area contributed by atoms with E-state index in [2.05, 4.69) is 10.6 Å². The fraction of sp³-hybridized carbons (Fsp3) is 0.500. The minimum atomic E-state index is -0.148. The summed E-state index contributed by atoms with van der Waals surface area (Å²) in [7, 11) is 3.38. The van der Waals surface area contributed by atoms with Gasteiger partial charge in [0.15, 0.2) is 13.1 Å². The molecular formula is C16H26N3O3+. The van der Waals surface area contributed by atoms with Gasteiger partial charge in [0.25, 0.3) is 11.8 Å². The van der Waals surface area contributed by atoms with Gasteiger partial charge in [-0.25, -0.2) is 0 Å². The average molecular weight is 308 g/mol. The van der Waals surface area contributed by atoms with Gasteiger partial charge in [-0.3, -0.25) is 9.59 Å². The van der Waals surface area contributed by atoms with Gasteiger partial charge in [0, 0.05) is 6.54 Å². The minimum absolute atomic E-state index is 0.0414. The molecule has 0 radical (unpaired) electrons. The summed E-state index contributed by atoms with van der Waals surface area (Å²) in [5.41, 5.74) is 1.69. The van der Waals surface area contributed by atoms with Crippen molar-refractivity contribution in [2.24, 2.45) is 0 Å². The molecule has 0 bridgehead atoms. The summed E-state index contributed by atoms with van der Waals surface area (Å²) in [4.78, 5) is 24.5. The van der Waals surface area contributed by atoms with Gasteiger partial charge in [-0.15, -0.1) is 0 Å². The van der Waals surface area contributed by atoms with Gasteiger partial charge < -0.3 is 20.3 Å². The van der Waals surface area contributed by atoms with Crippen molar-refractivity contribution in [1.29, 1.82) is 0 Å². The summed E-state index contributed by atoms with van der Waals surface area (Å²) in [6, 6.07) is 5.60. The lowest BCUT2D eigenvalue weighted by molar-refractivity contribution is -0.862. The third kappa shape index (κ3) is 6.13. The van der Waals surface area contributed by atoms with Crippen LogP contribution in [0.5, 0.6) is 5.75 Å². The van der Waals surface area contributed by atoms with E-state index in [4.69, 9.17) is 4.74 Å². The number of ether oxygens (including phenoxy) is 1. The molecule has 0 aromatic heterocycles. The first-order valence-electron chi connectivity index (χ1n) is 7.48. The number of amides is 2. The van der Waals surface area contributed by atoms with Crippen molar-refractivity contribution in [2.45, 2.75) is 20.3 Å². The molecule has 0 spiro atoms. The van der Waals surface area contributed by atoms with Crippen LogP contribution in [0.1, 0.15) is 18.9 Å². The fourth-order valence-corrected chi connectivity index (χ4v) is 2.05. The summed E-state index contributed by atoms with van der Waals surface area (Å²) in [5.74, 6) is 0.433. The number of methoxy groups -OCH3 is 1. The molecule has 0 saturated heterocycles. The number of carbonyl (C=O) groups is 2. The Morgan fingerprint density at radius 2 is 1.91 bits per heavy atom. The van der Waals surface area contributed by atoms with Crippen molar-refractivity contribution in [3.8, 4) is 5.75 Å². The van der Waals surface area contributed by atoms with Gasteiger partial charge in [0.05, 0.1) is 19.8 Å². The molecular weight excluding hydrogens is 282 g/mol. The molecule has 1 aromatic carbocycles. The first-order chi connectivity index (χ1) is 10.5. The number of likely N-dealkylation sites (N-methyl/N-ethyl adjacent to an activating group) is 1. The van der Waals surface area contributed by atoms with E-state index in [1.807, 2.05) is 39.1 Å². The lowest BCUT2D eigenvalue weighted by atomic mass is 10.2. The molecule has 122 valence electrons. The van der Waals surface area contributed by atoms with Crippen LogP contribution in [0.2, 0.25) is 0 Å². The molecule has 0 saturated carbocycles. The van der Waals surface area contributed by atoms with Crippen LogP contribution in [0.3, 0.4) is 0 Å². The summed E-state index contributed by atoms with van der Waals surface area (Å²) in [6.07, 6.45) is 0.901. The van der Waals surface area contributed by atoms with Crippen molar-refractivity contribution in [3.05, 3.63) is 23.8 Å². The van der Waals surface area contributed by atoms with Crippen LogP contribution in [0.15, 0.2) is 18.2 Å². The molecule has 6 nitrogen and oxygen atoms in total. The summed E-state index contributed by atoms with van der Waals surface area (Å²) >= 11 is 0. The third-order valence-corrected chi connectivity index (χ3v) is 3.13. The molecule has 6 heteroatoms. The van der Waals surface area contributed by atoms with E-state index in [0.717, 1.165) is 16.9 Å².